The lowest BCUT2D eigenvalue weighted by Gasteiger charge is -2.29. The van der Waals surface area contributed by atoms with E-state index in [4.69, 9.17) is 4.74 Å². The maximum atomic E-state index is 13.4. The van der Waals surface area contributed by atoms with E-state index in [2.05, 4.69) is 5.32 Å². The molecule has 8 heteroatoms. The summed E-state index contributed by atoms with van der Waals surface area (Å²) in [5.74, 6) is -0.922. The second kappa shape index (κ2) is 13.8. The third kappa shape index (κ3) is 8.73. The first-order valence-corrected chi connectivity index (χ1v) is 13.5. The molecule has 2 amide bonds. The van der Waals surface area contributed by atoms with Crippen LogP contribution in [0, 0.1) is 5.41 Å². The molecule has 0 aromatic heterocycles. The Balaban J connectivity index is 1.64. The number of ether oxygens (including phenoxy) is 1. The van der Waals surface area contributed by atoms with Crippen LogP contribution in [0.4, 0.5) is 0 Å². The number of methoxy groups -OCH3 is 1. The Bertz CT molecular complexity index is 1100. The summed E-state index contributed by atoms with van der Waals surface area (Å²) in [7, 11) is 1.23. The van der Waals surface area contributed by atoms with Crippen molar-refractivity contribution in [3.63, 3.8) is 0 Å². The first-order valence-electron chi connectivity index (χ1n) is 13.5. The van der Waals surface area contributed by atoms with Crippen LogP contribution in [0.5, 0.6) is 0 Å². The summed E-state index contributed by atoms with van der Waals surface area (Å²) in [6, 6.07) is 17.4. The van der Waals surface area contributed by atoms with Gasteiger partial charge in [0.2, 0.25) is 5.91 Å². The molecule has 1 heterocycles. The molecular formula is C31H42N2O6. The van der Waals surface area contributed by atoms with Crippen molar-refractivity contribution in [2.45, 2.75) is 77.0 Å². The minimum atomic E-state index is -1.70. The van der Waals surface area contributed by atoms with Crippen LogP contribution in [0.1, 0.15) is 45.6 Å². The van der Waals surface area contributed by atoms with Crippen molar-refractivity contribution in [1.29, 1.82) is 0 Å². The number of benzene rings is 2. The van der Waals surface area contributed by atoms with Crippen LogP contribution in [0.25, 0.3) is 11.1 Å². The van der Waals surface area contributed by atoms with Crippen LogP contribution in [0.3, 0.4) is 0 Å². The first kappa shape index (κ1) is 30.5. The molecule has 0 spiro atoms. The van der Waals surface area contributed by atoms with Gasteiger partial charge in [0.15, 0.2) is 6.10 Å². The van der Waals surface area contributed by atoms with Gasteiger partial charge in [-0.1, -0.05) is 87.5 Å². The van der Waals surface area contributed by atoms with Crippen molar-refractivity contribution >= 4 is 11.8 Å². The Morgan fingerprint density at radius 3 is 2.28 bits per heavy atom. The lowest BCUT2D eigenvalue weighted by atomic mass is 9.94. The third-order valence-corrected chi connectivity index (χ3v) is 6.85. The van der Waals surface area contributed by atoms with Crippen molar-refractivity contribution in [2.75, 3.05) is 13.7 Å². The van der Waals surface area contributed by atoms with Gasteiger partial charge in [0, 0.05) is 20.2 Å². The fourth-order valence-corrected chi connectivity index (χ4v) is 4.59. The lowest BCUT2D eigenvalue weighted by Crippen LogP contribution is -2.55. The fourth-order valence-electron chi connectivity index (χ4n) is 4.59. The Labute approximate surface area is 231 Å². The molecule has 1 saturated heterocycles. The molecule has 3 rings (SSSR count). The molecule has 0 bridgehead atoms. The van der Waals surface area contributed by atoms with E-state index in [9.17, 15) is 24.9 Å². The number of hydrogen-bond acceptors (Lipinski definition) is 6. The molecule has 39 heavy (non-hydrogen) atoms. The fraction of sp³-hybridized carbons (Fsp3) is 0.484. The number of rotatable bonds is 10. The zero-order valence-corrected chi connectivity index (χ0v) is 23.3. The predicted molar refractivity (Wildman–Crippen MR) is 150 cm³/mol. The summed E-state index contributed by atoms with van der Waals surface area (Å²) >= 11 is 0. The zero-order valence-electron chi connectivity index (χ0n) is 23.3. The predicted octanol–water partition coefficient (Wildman–Crippen LogP) is 3.05. The second-order valence-corrected chi connectivity index (χ2v) is 11.2. The van der Waals surface area contributed by atoms with Gasteiger partial charge >= 0.3 is 0 Å². The highest BCUT2D eigenvalue weighted by molar-refractivity contribution is 5.90. The van der Waals surface area contributed by atoms with Gasteiger partial charge in [0.1, 0.15) is 24.4 Å². The molecule has 0 aliphatic carbocycles. The molecule has 0 unspecified atom stereocenters. The summed E-state index contributed by atoms with van der Waals surface area (Å²) in [4.78, 5) is 28.2. The number of allylic oxidation sites excluding steroid dienone is 1. The van der Waals surface area contributed by atoms with E-state index in [0.717, 1.165) is 29.5 Å². The van der Waals surface area contributed by atoms with Crippen molar-refractivity contribution in [3.8, 4) is 11.1 Å². The molecule has 2 aromatic rings. The highest BCUT2D eigenvalue weighted by Gasteiger charge is 2.37. The molecule has 1 aliphatic heterocycles. The maximum absolute atomic E-state index is 13.4. The van der Waals surface area contributed by atoms with Gasteiger partial charge in [-0.25, -0.2) is 0 Å². The van der Waals surface area contributed by atoms with Gasteiger partial charge in [-0.3, -0.25) is 9.59 Å². The van der Waals surface area contributed by atoms with Crippen molar-refractivity contribution in [1.82, 2.24) is 10.2 Å². The van der Waals surface area contributed by atoms with E-state index < -0.39 is 36.4 Å². The normalized spacial score (nSPS) is 19.8. The molecule has 0 radical (unpaired) electrons. The summed E-state index contributed by atoms with van der Waals surface area (Å²) in [5, 5.41) is 34.1. The van der Waals surface area contributed by atoms with E-state index in [-0.39, 0.29) is 11.3 Å². The number of nitrogens with one attached hydrogen (secondary N) is 1. The minimum absolute atomic E-state index is 0.203. The number of nitrogens with zero attached hydrogens (tertiary/aromatic N) is 1. The smallest absolute Gasteiger partial charge is 0.252 e. The van der Waals surface area contributed by atoms with Crippen LogP contribution >= 0.6 is 0 Å². The second-order valence-electron chi connectivity index (χ2n) is 11.2. The molecule has 1 fully saturated rings. The summed E-state index contributed by atoms with van der Waals surface area (Å²) in [6.45, 7) is 6.78. The van der Waals surface area contributed by atoms with Gasteiger partial charge in [-0.15, -0.1) is 0 Å². The van der Waals surface area contributed by atoms with Crippen LogP contribution in [-0.2, 0) is 20.9 Å². The van der Waals surface area contributed by atoms with E-state index in [0.29, 0.717) is 19.5 Å². The number of hydrogen-bond donors (Lipinski definition) is 4. The van der Waals surface area contributed by atoms with Crippen molar-refractivity contribution in [3.05, 3.63) is 72.3 Å². The number of amides is 2. The average molecular weight is 539 g/mol. The number of carbonyl (C=O) groups is 2. The monoisotopic (exact) mass is 538 g/mol. The Morgan fingerprint density at radius 2 is 1.67 bits per heavy atom. The summed E-state index contributed by atoms with van der Waals surface area (Å²) in [6.07, 6.45) is -1.10. The summed E-state index contributed by atoms with van der Waals surface area (Å²) < 4.78 is 5.19. The van der Waals surface area contributed by atoms with Crippen LogP contribution < -0.4 is 5.32 Å². The number of likely N-dealkylation sites (tertiary alicyclic amines) is 1. The molecule has 0 saturated carbocycles. The summed E-state index contributed by atoms with van der Waals surface area (Å²) in [5.41, 5.74) is 2.97. The van der Waals surface area contributed by atoms with Crippen LogP contribution in [0.15, 0.2) is 66.7 Å². The largest absolute Gasteiger partial charge is 0.387 e. The Hall–Kier alpha value is -3.04. The van der Waals surface area contributed by atoms with Crippen molar-refractivity contribution < 1.29 is 29.6 Å². The standard InChI is InChI=1S/C31H42N2O6/c1-31(2,3)18-17-25(34)26(35)27(36)28(39-4)29(37)32-24-12-8-9-19-33(30(24)38)20-21-13-15-23(16-14-21)22-10-6-5-7-11-22/h5-7,10-11,13-18,24-28,34-36H,8-9,12,19-20H2,1-4H3,(H,32,37)/b18-17+/t24-,25+,26-,27+,28+/m0/s1. The van der Waals surface area contributed by atoms with E-state index in [1.165, 1.54) is 13.2 Å². The number of aliphatic hydroxyl groups excluding tert-OH is 3. The number of carbonyl (C=O) groups excluding carboxylic acids is 2. The lowest BCUT2D eigenvalue weighted by molar-refractivity contribution is -0.151. The SMILES string of the molecule is CO[C@@H](C(=O)N[C@H]1CCCCN(Cc2ccc(-c3ccccc3)cc2)C1=O)[C@H](O)[C@@H](O)[C@H](O)/C=C/C(C)(C)C. The molecule has 212 valence electrons. The van der Waals surface area contributed by atoms with E-state index in [1.807, 2.05) is 75.4 Å². The van der Waals surface area contributed by atoms with Gasteiger partial charge in [0.05, 0.1) is 0 Å². The first-order chi connectivity index (χ1) is 18.5. The van der Waals surface area contributed by atoms with E-state index >= 15 is 0 Å². The topological polar surface area (TPSA) is 119 Å². The van der Waals surface area contributed by atoms with Gasteiger partial charge in [-0.2, -0.15) is 0 Å². The molecule has 4 N–H and O–H groups in total. The third-order valence-electron chi connectivity index (χ3n) is 6.85. The van der Waals surface area contributed by atoms with Crippen LogP contribution in [0.2, 0.25) is 0 Å². The maximum Gasteiger partial charge on any atom is 0.252 e. The highest BCUT2D eigenvalue weighted by Crippen LogP contribution is 2.22. The van der Waals surface area contributed by atoms with Crippen molar-refractivity contribution in [2.24, 2.45) is 5.41 Å². The molecular weight excluding hydrogens is 496 g/mol. The Kier molecular flexibility index (Phi) is 10.8. The zero-order chi connectivity index (χ0) is 28.6. The van der Waals surface area contributed by atoms with E-state index in [1.54, 1.807) is 11.0 Å². The van der Waals surface area contributed by atoms with Crippen LogP contribution in [-0.4, -0.2) is 76.1 Å². The quantitative estimate of drug-likeness (QED) is 0.345. The number of aliphatic hydroxyl groups is 3. The van der Waals surface area contributed by atoms with Gasteiger partial charge in [-0.05, 0) is 41.4 Å². The molecule has 1 aliphatic rings. The Morgan fingerprint density at radius 1 is 1.03 bits per heavy atom. The van der Waals surface area contributed by atoms with Gasteiger partial charge in [0.25, 0.3) is 5.91 Å². The average Bonchev–Trinajstić information content (AvgIpc) is 3.08. The molecule has 2 aromatic carbocycles. The van der Waals surface area contributed by atoms with Gasteiger partial charge < -0.3 is 30.3 Å². The molecule has 5 atom stereocenters. The molecule has 8 nitrogen and oxygen atoms in total. The minimum Gasteiger partial charge on any atom is -0.387 e. The highest BCUT2D eigenvalue weighted by atomic mass is 16.5.